The molecule has 7 atom stereocenters. The van der Waals surface area contributed by atoms with Crippen molar-refractivity contribution in [3.8, 4) is 5.75 Å². The van der Waals surface area contributed by atoms with E-state index in [2.05, 4.69) is 27.2 Å². The largest absolute Gasteiger partial charge is 0.508 e. The fourth-order valence-corrected chi connectivity index (χ4v) is 10.7. The van der Waals surface area contributed by atoms with Crippen LogP contribution in [0.15, 0.2) is 18.2 Å². The third kappa shape index (κ3) is 2.37. The number of amides is 1. The van der Waals surface area contributed by atoms with E-state index >= 15 is 0 Å². The maximum atomic E-state index is 13.8. The van der Waals surface area contributed by atoms with Crippen molar-refractivity contribution in [3.05, 3.63) is 29.3 Å². The zero-order valence-electron chi connectivity index (χ0n) is 20.3. The lowest BCUT2D eigenvalue weighted by Crippen LogP contribution is -2.71. The quantitative estimate of drug-likeness (QED) is 0.709. The van der Waals surface area contributed by atoms with Gasteiger partial charge < -0.3 is 15.3 Å². The molecule has 5 unspecified atom stereocenters. The van der Waals surface area contributed by atoms with Crippen LogP contribution in [0.25, 0.3) is 0 Å². The van der Waals surface area contributed by atoms with Crippen molar-refractivity contribution in [1.29, 1.82) is 0 Å². The number of nitrogens with one attached hydrogen (secondary N) is 1. The second kappa shape index (κ2) is 7.00. The highest BCUT2D eigenvalue weighted by atomic mass is 16.3. The van der Waals surface area contributed by atoms with Gasteiger partial charge in [-0.15, -0.1) is 0 Å². The Balaban J connectivity index is 1.23. The van der Waals surface area contributed by atoms with Crippen molar-refractivity contribution in [2.45, 2.75) is 87.7 Å². The minimum atomic E-state index is 0.150. The Morgan fingerprint density at radius 2 is 2.03 bits per heavy atom. The molecule has 7 aliphatic rings. The number of benzene rings is 1. The van der Waals surface area contributed by atoms with Crippen molar-refractivity contribution >= 4 is 5.91 Å². The maximum absolute atomic E-state index is 13.8. The number of aromatic hydroxyl groups is 1. The molecule has 3 heterocycles. The third-order valence-corrected chi connectivity index (χ3v) is 12.0. The average Bonchev–Trinajstić information content (AvgIpc) is 3.26. The number of phenolic OH excluding ortho intramolecular Hbond substituents is 1. The topological polar surface area (TPSA) is 55.8 Å². The normalized spacial score (nSPS) is 44.9. The number of carbonyl (C=O) groups excluding carboxylic acids is 1. The Morgan fingerprint density at radius 1 is 1.12 bits per heavy atom. The Labute approximate surface area is 203 Å². The van der Waals surface area contributed by atoms with Gasteiger partial charge in [0.15, 0.2) is 0 Å². The van der Waals surface area contributed by atoms with Gasteiger partial charge in [0.1, 0.15) is 5.75 Å². The lowest BCUT2D eigenvalue weighted by Gasteiger charge is -2.68. The molecule has 3 aliphatic heterocycles. The molecule has 5 nitrogen and oxygen atoms in total. The Bertz CT molecular complexity index is 1030. The van der Waals surface area contributed by atoms with Crippen LogP contribution in [-0.4, -0.2) is 65.1 Å². The molecular formula is C29H39N3O2. The van der Waals surface area contributed by atoms with Crippen LogP contribution in [0.2, 0.25) is 0 Å². The summed E-state index contributed by atoms with van der Waals surface area (Å²) in [5, 5.41) is 14.1. The summed E-state index contributed by atoms with van der Waals surface area (Å²) in [6.07, 6.45) is 12.5. The van der Waals surface area contributed by atoms with E-state index in [9.17, 15) is 9.90 Å². The molecule has 182 valence electrons. The Morgan fingerprint density at radius 3 is 2.82 bits per heavy atom. The van der Waals surface area contributed by atoms with Crippen molar-refractivity contribution in [3.63, 3.8) is 0 Å². The molecule has 3 saturated heterocycles. The van der Waals surface area contributed by atoms with Crippen LogP contribution < -0.4 is 5.32 Å². The minimum absolute atomic E-state index is 0.150. The highest BCUT2D eigenvalue weighted by Gasteiger charge is 2.76. The summed E-state index contributed by atoms with van der Waals surface area (Å²) in [6, 6.07) is 8.16. The van der Waals surface area contributed by atoms with E-state index in [0.717, 1.165) is 44.9 Å². The van der Waals surface area contributed by atoms with Crippen LogP contribution in [0.1, 0.15) is 68.9 Å². The summed E-state index contributed by atoms with van der Waals surface area (Å²) in [5.74, 6) is 2.25. The molecule has 34 heavy (non-hydrogen) atoms. The van der Waals surface area contributed by atoms with Gasteiger partial charge >= 0.3 is 0 Å². The highest BCUT2D eigenvalue weighted by Crippen LogP contribution is 2.75. The number of hydrogen-bond donors (Lipinski definition) is 2. The van der Waals surface area contributed by atoms with Crippen molar-refractivity contribution < 1.29 is 9.90 Å². The van der Waals surface area contributed by atoms with Gasteiger partial charge in [0.2, 0.25) is 5.91 Å². The molecule has 6 fully saturated rings. The molecule has 4 bridgehead atoms. The summed E-state index contributed by atoms with van der Waals surface area (Å²) < 4.78 is 0. The fraction of sp³-hybridized carbons (Fsp3) is 0.759. The summed E-state index contributed by atoms with van der Waals surface area (Å²) in [7, 11) is 0. The summed E-state index contributed by atoms with van der Waals surface area (Å²) in [6.45, 7) is 4.12. The van der Waals surface area contributed by atoms with Crippen LogP contribution in [-0.2, 0) is 16.6 Å². The van der Waals surface area contributed by atoms with Gasteiger partial charge in [-0.2, -0.15) is 0 Å². The van der Waals surface area contributed by atoms with Gasteiger partial charge in [-0.25, -0.2) is 0 Å². The predicted molar refractivity (Wildman–Crippen MR) is 131 cm³/mol. The first-order valence-corrected chi connectivity index (χ1v) is 14.2. The number of rotatable bonds is 2. The molecular weight excluding hydrogens is 422 g/mol. The van der Waals surface area contributed by atoms with Crippen LogP contribution in [0.5, 0.6) is 5.75 Å². The van der Waals surface area contributed by atoms with E-state index < -0.39 is 0 Å². The van der Waals surface area contributed by atoms with Gasteiger partial charge in [-0.3, -0.25) is 9.69 Å². The molecule has 1 amide bonds. The molecule has 5 heteroatoms. The number of nitrogens with zero attached hydrogens (tertiary/aromatic N) is 2. The minimum Gasteiger partial charge on any atom is -0.508 e. The van der Waals surface area contributed by atoms with Gasteiger partial charge in [0.05, 0.1) is 5.92 Å². The average molecular weight is 462 g/mol. The van der Waals surface area contributed by atoms with Crippen molar-refractivity contribution in [2.75, 3.05) is 26.2 Å². The molecule has 2 N–H and O–H groups in total. The highest BCUT2D eigenvalue weighted by molar-refractivity contribution is 5.80. The van der Waals surface area contributed by atoms with Crippen LogP contribution >= 0.6 is 0 Å². The summed E-state index contributed by atoms with van der Waals surface area (Å²) >= 11 is 0. The molecule has 0 radical (unpaired) electrons. The second-order valence-corrected chi connectivity index (χ2v) is 12.9. The summed E-state index contributed by atoms with van der Waals surface area (Å²) in [4.78, 5) is 19.1. The molecule has 1 aromatic rings. The Hall–Kier alpha value is -1.59. The van der Waals surface area contributed by atoms with E-state index in [1.807, 2.05) is 6.07 Å². The van der Waals surface area contributed by atoms with E-state index in [1.54, 1.807) is 0 Å². The number of carbonyl (C=O) groups is 1. The molecule has 0 spiro atoms. The fourth-order valence-electron chi connectivity index (χ4n) is 10.7. The molecule has 4 aliphatic carbocycles. The monoisotopic (exact) mass is 461 g/mol. The number of piperidine rings is 2. The second-order valence-electron chi connectivity index (χ2n) is 12.9. The maximum Gasteiger partial charge on any atom is 0.227 e. The van der Waals surface area contributed by atoms with Crippen LogP contribution in [0.4, 0.5) is 0 Å². The first-order chi connectivity index (χ1) is 16.6. The Kier molecular flexibility index (Phi) is 4.24. The third-order valence-electron chi connectivity index (χ3n) is 12.0. The standard InChI is InChI=1S/C29H39N3O2/c33-22-7-6-18-13-25-28-9-8-24-26(20(15-28)17-32(24)27(34)19-3-2-11-30-16-19)29(28,23(18)14-22)10-12-31(25)21-4-1-5-21/h6-7,14,19-21,24-26,30,33H,1-5,8-13,15-17H2/t19-,20-,24?,25?,26?,28?,29?/m1/s1. The molecule has 0 aromatic heterocycles. The van der Waals surface area contributed by atoms with Gasteiger partial charge in [-0.1, -0.05) is 12.5 Å². The van der Waals surface area contributed by atoms with E-state index in [0.29, 0.717) is 41.0 Å². The molecule has 8 rings (SSSR count). The van der Waals surface area contributed by atoms with Crippen LogP contribution in [0.3, 0.4) is 0 Å². The molecule has 3 saturated carbocycles. The lowest BCUT2D eigenvalue weighted by atomic mass is 9.43. The van der Waals surface area contributed by atoms with E-state index in [4.69, 9.17) is 0 Å². The SMILES string of the molecule is O=C([C@@H]1CCCNC1)N1C[C@H]2CC34CCC1C2C31CCN(C2CCC2)C4Cc2ccc(O)cc21. The number of hydrogen-bond acceptors (Lipinski definition) is 4. The smallest absolute Gasteiger partial charge is 0.227 e. The first-order valence-electron chi connectivity index (χ1n) is 14.2. The van der Waals surface area contributed by atoms with Gasteiger partial charge in [0, 0.05) is 36.6 Å². The van der Waals surface area contributed by atoms with E-state index in [1.165, 1.54) is 62.6 Å². The van der Waals surface area contributed by atoms with Crippen molar-refractivity contribution in [2.24, 2.45) is 23.2 Å². The lowest BCUT2D eigenvalue weighted by molar-refractivity contribution is -0.147. The van der Waals surface area contributed by atoms with E-state index in [-0.39, 0.29) is 11.3 Å². The predicted octanol–water partition coefficient (Wildman–Crippen LogP) is 3.44. The number of fused-ring (bicyclic) bond motifs is 1. The van der Waals surface area contributed by atoms with Gasteiger partial charge in [0.25, 0.3) is 0 Å². The first kappa shape index (κ1) is 20.6. The zero-order valence-corrected chi connectivity index (χ0v) is 20.3. The molecule has 1 aromatic carbocycles. The van der Waals surface area contributed by atoms with Crippen LogP contribution in [0, 0.1) is 23.2 Å². The number of likely N-dealkylation sites (tertiary alicyclic amines) is 2. The summed E-state index contributed by atoms with van der Waals surface area (Å²) in [5.41, 5.74) is 3.46. The van der Waals surface area contributed by atoms with Crippen molar-refractivity contribution in [1.82, 2.24) is 15.1 Å². The number of phenols is 1. The van der Waals surface area contributed by atoms with Gasteiger partial charge in [-0.05, 0) is 111 Å². The zero-order chi connectivity index (χ0) is 22.7.